The summed E-state index contributed by atoms with van der Waals surface area (Å²) in [6, 6.07) is 0. The van der Waals surface area contributed by atoms with Crippen LogP contribution in [0.15, 0.2) is 10.8 Å². The molecule has 1 aromatic rings. The van der Waals surface area contributed by atoms with Crippen molar-refractivity contribution >= 4 is 30.3 Å². The molecule has 0 fully saturated rings. The molecule has 0 saturated carbocycles. The highest BCUT2D eigenvalue weighted by atomic mass is 32.1. The van der Waals surface area contributed by atoms with Gasteiger partial charge >= 0.3 is 0 Å². The molecule has 0 spiro atoms. The summed E-state index contributed by atoms with van der Waals surface area (Å²) in [5, 5.41) is 22.1. The van der Waals surface area contributed by atoms with Gasteiger partial charge in [0.2, 0.25) is 0 Å². The normalized spacial score (nSPS) is 15.3. The predicted octanol–water partition coefficient (Wildman–Crippen LogP) is 0.885. The van der Waals surface area contributed by atoms with Crippen LogP contribution in [0.1, 0.15) is 22.0 Å². The van der Waals surface area contributed by atoms with Crippen molar-refractivity contribution in [1.82, 2.24) is 0 Å². The van der Waals surface area contributed by atoms with Crippen LogP contribution < -0.4 is 0 Å². The average molecular weight is 218 g/mol. The summed E-state index contributed by atoms with van der Waals surface area (Å²) in [4.78, 5) is 10.5. The number of carbonyl (C=O) groups excluding carboxylic acids is 1. The maximum absolute atomic E-state index is 10.5. The van der Waals surface area contributed by atoms with Crippen molar-refractivity contribution in [3.05, 3.63) is 21.9 Å². The molecule has 1 heterocycles. The van der Waals surface area contributed by atoms with Gasteiger partial charge in [-0.1, -0.05) is 0 Å². The number of thiol groups is 1. The van der Waals surface area contributed by atoms with E-state index < -0.39 is 12.2 Å². The van der Waals surface area contributed by atoms with E-state index in [9.17, 15) is 15.0 Å². The summed E-state index contributed by atoms with van der Waals surface area (Å²) in [7, 11) is 0. The van der Waals surface area contributed by atoms with E-state index in [4.69, 9.17) is 0 Å². The zero-order valence-electron chi connectivity index (χ0n) is 6.75. The lowest BCUT2D eigenvalue weighted by molar-refractivity contribution is 0.0336. The van der Waals surface area contributed by atoms with Crippen LogP contribution in [0.4, 0.5) is 0 Å². The largest absolute Gasteiger partial charge is 0.389 e. The molecule has 2 atom stereocenters. The van der Waals surface area contributed by atoms with Crippen molar-refractivity contribution in [2.45, 2.75) is 12.2 Å². The first-order valence-corrected chi connectivity index (χ1v) is 5.26. The Morgan fingerprint density at radius 3 is 2.77 bits per heavy atom. The van der Waals surface area contributed by atoms with Crippen LogP contribution in [-0.4, -0.2) is 28.4 Å². The molecule has 2 unspecified atom stereocenters. The van der Waals surface area contributed by atoms with Gasteiger partial charge in [0.05, 0.1) is 6.10 Å². The zero-order chi connectivity index (χ0) is 9.84. The first-order chi connectivity index (χ1) is 6.20. The van der Waals surface area contributed by atoms with Crippen LogP contribution in [0.3, 0.4) is 0 Å². The fourth-order valence-corrected chi connectivity index (χ4v) is 1.99. The standard InChI is InChI=1S/C8H10O3S2/c9-1-5-3-13-4-6(5)8(11)7(10)2-12/h1,3-4,7-8,10-12H,2H2. The SMILES string of the molecule is O=Cc1cscc1C(O)C(O)CS. The van der Waals surface area contributed by atoms with Crippen LogP contribution in [0.25, 0.3) is 0 Å². The Labute approximate surface area is 85.4 Å². The molecule has 0 aliphatic carbocycles. The van der Waals surface area contributed by atoms with E-state index in [2.05, 4.69) is 12.6 Å². The van der Waals surface area contributed by atoms with Crippen LogP contribution >= 0.6 is 24.0 Å². The minimum atomic E-state index is -1.02. The highest BCUT2D eigenvalue weighted by molar-refractivity contribution is 7.80. The second kappa shape index (κ2) is 4.76. The first-order valence-electron chi connectivity index (χ1n) is 3.69. The van der Waals surface area contributed by atoms with Crippen molar-refractivity contribution in [2.24, 2.45) is 0 Å². The van der Waals surface area contributed by atoms with Gasteiger partial charge in [0.25, 0.3) is 0 Å². The molecule has 13 heavy (non-hydrogen) atoms. The second-order valence-electron chi connectivity index (χ2n) is 2.60. The number of aldehydes is 1. The highest BCUT2D eigenvalue weighted by Crippen LogP contribution is 2.24. The molecule has 0 aliphatic heterocycles. The van der Waals surface area contributed by atoms with E-state index in [1.807, 2.05) is 0 Å². The van der Waals surface area contributed by atoms with Crippen molar-refractivity contribution < 1.29 is 15.0 Å². The maximum atomic E-state index is 10.5. The minimum absolute atomic E-state index is 0.162. The van der Waals surface area contributed by atoms with Crippen LogP contribution in [-0.2, 0) is 0 Å². The molecular weight excluding hydrogens is 208 g/mol. The van der Waals surface area contributed by atoms with Crippen molar-refractivity contribution in [3.63, 3.8) is 0 Å². The molecule has 0 aliphatic rings. The minimum Gasteiger partial charge on any atom is -0.389 e. The first kappa shape index (κ1) is 10.7. The third kappa shape index (κ3) is 2.31. The molecule has 2 N–H and O–H groups in total. The van der Waals surface area contributed by atoms with Crippen molar-refractivity contribution in [1.29, 1.82) is 0 Å². The smallest absolute Gasteiger partial charge is 0.151 e. The quantitative estimate of drug-likeness (QED) is 0.519. The number of aliphatic hydroxyl groups excluding tert-OH is 2. The van der Waals surface area contributed by atoms with Gasteiger partial charge < -0.3 is 10.2 Å². The Balaban J connectivity index is 2.87. The van der Waals surface area contributed by atoms with Crippen LogP contribution in [0.5, 0.6) is 0 Å². The van der Waals surface area contributed by atoms with E-state index in [0.29, 0.717) is 17.4 Å². The Morgan fingerprint density at radius 2 is 2.23 bits per heavy atom. The monoisotopic (exact) mass is 218 g/mol. The van der Waals surface area contributed by atoms with E-state index in [1.54, 1.807) is 10.8 Å². The number of hydrogen-bond acceptors (Lipinski definition) is 5. The summed E-state index contributed by atoms with van der Waals surface area (Å²) in [5.41, 5.74) is 0.903. The molecule has 0 radical (unpaired) electrons. The second-order valence-corrected chi connectivity index (χ2v) is 3.70. The molecule has 0 bridgehead atoms. The molecule has 1 rings (SSSR count). The van der Waals surface area contributed by atoms with Gasteiger partial charge in [0.1, 0.15) is 6.10 Å². The third-order valence-electron chi connectivity index (χ3n) is 1.72. The lowest BCUT2D eigenvalue weighted by Gasteiger charge is -2.14. The van der Waals surface area contributed by atoms with Gasteiger partial charge in [-0.05, 0) is 5.38 Å². The lowest BCUT2D eigenvalue weighted by atomic mass is 10.1. The molecule has 0 saturated heterocycles. The van der Waals surface area contributed by atoms with Gasteiger partial charge in [-0.15, -0.1) is 0 Å². The Hall–Kier alpha value is -0.360. The fourth-order valence-electron chi connectivity index (χ4n) is 0.960. The van der Waals surface area contributed by atoms with Crippen molar-refractivity contribution in [3.8, 4) is 0 Å². The number of rotatable bonds is 4. The van der Waals surface area contributed by atoms with E-state index in [1.165, 1.54) is 11.3 Å². The van der Waals surface area contributed by atoms with E-state index >= 15 is 0 Å². The summed E-state index contributed by atoms with van der Waals surface area (Å²) in [5.74, 6) is 0.162. The molecule has 3 nitrogen and oxygen atoms in total. The Kier molecular flexibility index (Phi) is 3.92. The number of aliphatic hydroxyl groups is 2. The van der Waals surface area contributed by atoms with Gasteiger partial charge in [-0.2, -0.15) is 24.0 Å². The van der Waals surface area contributed by atoms with E-state index in [0.717, 1.165) is 0 Å². The summed E-state index contributed by atoms with van der Waals surface area (Å²) in [6.07, 6.45) is -1.29. The van der Waals surface area contributed by atoms with Gasteiger partial charge in [-0.3, -0.25) is 4.79 Å². The van der Waals surface area contributed by atoms with Gasteiger partial charge in [0, 0.05) is 22.3 Å². The fraction of sp³-hybridized carbons (Fsp3) is 0.375. The summed E-state index contributed by atoms with van der Waals surface area (Å²) >= 11 is 5.17. The van der Waals surface area contributed by atoms with Gasteiger partial charge in [0.15, 0.2) is 6.29 Å². The van der Waals surface area contributed by atoms with Crippen LogP contribution in [0, 0.1) is 0 Å². The topological polar surface area (TPSA) is 57.5 Å². The van der Waals surface area contributed by atoms with Gasteiger partial charge in [-0.25, -0.2) is 0 Å². The van der Waals surface area contributed by atoms with Crippen molar-refractivity contribution in [2.75, 3.05) is 5.75 Å². The van der Waals surface area contributed by atoms with E-state index in [-0.39, 0.29) is 5.75 Å². The number of carbonyl (C=O) groups is 1. The lowest BCUT2D eigenvalue weighted by Crippen LogP contribution is -2.20. The molecule has 1 aromatic heterocycles. The Morgan fingerprint density at radius 1 is 1.54 bits per heavy atom. The third-order valence-corrected chi connectivity index (χ3v) is 2.87. The Bertz CT molecular complexity index is 285. The zero-order valence-corrected chi connectivity index (χ0v) is 8.46. The maximum Gasteiger partial charge on any atom is 0.151 e. The summed E-state index contributed by atoms with van der Waals surface area (Å²) < 4.78 is 0. The predicted molar refractivity (Wildman–Crippen MR) is 54.5 cm³/mol. The molecule has 72 valence electrons. The average Bonchev–Trinajstić information content (AvgIpc) is 2.62. The molecule has 5 heteroatoms. The highest BCUT2D eigenvalue weighted by Gasteiger charge is 2.20. The summed E-state index contributed by atoms with van der Waals surface area (Å²) in [6.45, 7) is 0. The number of hydrogen-bond donors (Lipinski definition) is 3. The number of thiophene rings is 1. The molecule has 0 aromatic carbocycles. The molecular formula is C8H10O3S2. The molecule has 0 amide bonds. The van der Waals surface area contributed by atoms with Crippen LogP contribution in [0.2, 0.25) is 0 Å².